The zero-order valence-corrected chi connectivity index (χ0v) is 15.2. The monoisotopic (exact) mass is 361 g/mol. The molecule has 2 aromatic rings. The van der Waals surface area contributed by atoms with Crippen LogP contribution in [-0.2, 0) is 0 Å². The van der Waals surface area contributed by atoms with E-state index in [1.54, 1.807) is 11.3 Å². The molecule has 7 heteroatoms. The molecule has 122 valence electrons. The predicted molar refractivity (Wildman–Crippen MR) is 97.6 cm³/mol. The molecule has 1 amide bonds. The molecule has 1 heterocycles. The number of amides is 1. The molecular weight excluding hydrogens is 341 g/mol. The lowest BCUT2D eigenvalue weighted by molar-refractivity contribution is 0.0950. The van der Waals surface area contributed by atoms with Gasteiger partial charge in [0.15, 0.2) is 0 Å². The molecule has 1 atom stereocenters. The van der Waals surface area contributed by atoms with Gasteiger partial charge in [-0.3, -0.25) is 4.79 Å². The second-order valence-electron chi connectivity index (χ2n) is 4.73. The lowest BCUT2D eigenvalue weighted by Gasteiger charge is -2.11. The minimum atomic E-state index is -0.0547. The largest absolute Gasteiger partial charge is 0.350 e. The van der Waals surface area contributed by atoms with Crippen LogP contribution in [0, 0.1) is 6.92 Å². The molecule has 0 fully saturated rings. The molecule has 0 aliphatic heterocycles. The average molecular weight is 362 g/mol. The van der Waals surface area contributed by atoms with E-state index in [0.717, 1.165) is 16.3 Å². The molecule has 2 N–H and O–H groups in total. The second kappa shape index (κ2) is 9.79. The van der Waals surface area contributed by atoms with Crippen molar-refractivity contribution in [1.29, 1.82) is 0 Å². The number of thiazole rings is 1. The van der Waals surface area contributed by atoms with Crippen LogP contribution in [0.5, 0.6) is 0 Å². The van der Waals surface area contributed by atoms with Gasteiger partial charge in [-0.1, -0.05) is 12.1 Å². The molecule has 1 unspecified atom stereocenters. The highest BCUT2D eigenvalue weighted by Gasteiger charge is 2.09. The number of hydrogen-bond acceptors (Lipinski definition) is 4. The quantitative estimate of drug-likeness (QED) is 0.858. The van der Waals surface area contributed by atoms with Gasteiger partial charge in [-0.25, -0.2) is 4.98 Å². The van der Waals surface area contributed by atoms with E-state index in [9.17, 15) is 4.79 Å². The van der Waals surface area contributed by atoms with Crippen LogP contribution in [0.15, 0.2) is 29.6 Å². The Morgan fingerprint density at radius 3 is 2.68 bits per heavy atom. The maximum absolute atomic E-state index is 12.1. The fourth-order valence-corrected chi connectivity index (χ4v) is 2.39. The lowest BCUT2D eigenvalue weighted by atomic mass is 10.1. The third-order valence-electron chi connectivity index (χ3n) is 3.10. The molecular formula is C15H21Cl2N3OS. The summed E-state index contributed by atoms with van der Waals surface area (Å²) in [5.41, 5.74) is 2.56. The summed E-state index contributed by atoms with van der Waals surface area (Å²) in [5.74, 6) is -0.0547. The first kappa shape index (κ1) is 20.9. The van der Waals surface area contributed by atoms with E-state index in [1.807, 2.05) is 50.5 Å². The Balaban J connectivity index is 0.00000220. The number of hydrogen-bond donors (Lipinski definition) is 2. The van der Waals surface area contributed by atoms with E-state index >= 15 is 0 Å². The van der Waals surface area contributed by atoms with E-state index < -0.39 is 0 Å². The Bertz CT molecular complexity index is 604. The predicted octanol–water partition coefficient (Wildman–Crippen LogP) is 3.30. The van der Waals surface area contributed by atoms with Gasteiger partial charge in [0.2, 0.25) is 0 Å². The minimum Gasteiger partial charge on any atom is -0.350 e. The maximum atomic E-state index is 12.1. The van der Waals surface area contributed by atoms with Crippen molar-refractivity contribution < 1.29 is 4.79 Å². The summed E-state index contributed by atoms with van der Waals surface area (Å²) < 4.78 is 0. The first-order valence-electron chi connectivity index (χ1n) is 6.58. The summed E-state index contributed by atoms with van der Waals surface area (Å²) in [6.45, 7) is 4.61. The molecule has 22 heavy (non-hydrogen) atoms. The molecule has 1 aromatic heterocycles. The number of carbonyl (C=O) groups excluding carboxylic acids is 1. The fraction of sp³-hybridized carbons (Fsp3) is 0.333. The Labute approximate surface area is 147 Å². The molecule has 1 aromatic carbocycles. The van der Waals surface area contributed by atoms with E-state index in [-0.39, 0.29) is 36.8 Å². The third kappa shape index (κ3) is 5.57. The highest BCUT2D eigenvalue weighted by molar-refractivity contribution is 7.09. The van der Waals surface area contributed by atoms with E-state index in [1.165, 1.54) is 0 Å². The SMILES string of the molecule is CNC(C)CNC(=O)c1cccc(-c2csc(C)n2)c1.Cl.Cl. The molecule has 0 radical (unpaired) electrons. The third-order valence-corrected chi connectivity index (χ3v) is 3.87. The summed E-state index contributed by atoms with van der Waals surface area (Å²) in [6.07, 6.45) is 0. The molecule has 0 aliphatic rings. The molecule has 0 spiro atoms. The lowest BCUT2D eigenvalue weighted by Crippen LogP contribution is -2.37. The van der Waals surface area contributed by atoms with Crippen molar-refractivity contribution >= 4 is 42.1 Å². The molecule has 0 saturated heterocycles. The van der Waals surface area contributed by atoms with E-state index in [0.29, 0.717) is 12.1 Å². The molecule has 0 bridgehead atoms. The second-order valence-corrected chi connectivity index (χ2v) is 5.79. The highest BCUT2D eigenvalue weighted by atomic mass is 35.5. The molecule has 0 aliphatic carbocycles. The van der Waals surface area contributed by atoms with Crippen molar-refractivity contribution in [3.05, 3.63) is 40.2 Å². The molecule has 4 nitrogen and oxygen atoms in total. The number of halogens is 2. The number of aromatic nitrogens is 1. The van der Waals surface area contributed by atoms with Gasteiger partial charge in [-0.2, -0.15) is 0 Å². The van der Waals surface area contributed by atoms with Gasteiger partial charge in [0.25, 0.3) is 5.91 Å². The van der Waals surface area contributed by atoms with Crippen LogP contribution >= 0.6 is 36.2 Å². The Morgan fingerprint density at radius 2 is 2.09 bits per heavy atom. The minimum absolute atomic E-state index is 0. The van der Waals surface area contributed by atoms with Gasteiger partial charge in [0, 0.05) is 29.1 Å². The Kier molecular flexibility index (Phi) is 9.28. The highest BCUT2D eigenvalue weighted by Crippen LogP contribution is 2.22. The fourth-order valence-electron chi connectivity index (χ4n) is 1.77. The first-order chi connectivity index (χ1) is 9.60. The number of benzene rings is 1. The van der Waals surface area contributed by atoms with Crippen LogP contribution in [0.4, 0.5) is 0 Å². The normalized spacial score (nSPS) is 11.0. The van der Waals surface area contributed by atoms with Crippen molar-refractivity contribution in [2.24, 2.45) is 0 Å². The van der Waals surface area contributed by atoms with E-state index in [4.69, 9.17) is 0 Å². The average Bonchev–Trinajstić information content (AvgIpc) is 2.91. The number of nitrogens with one attached hydrogen (secondary N) is 2. The van der Waals surface area contributed by atoms with Gasteiger partial charge >= 0.3 is 0 Å². The Morgan fingerprint density at radius 1 is 1.36 bits per heavy atom. The van der Waals surface area contributed by atoms with Gasteiger partial charge in [-0.05, 0) is 33.0 Å². The van der Waals surface area contributed by atoms with Crippen LogP contribution in [-0.4, -0.2) is 30.5 Å². The van der Waals surface area contributed by atoms with Crippen molar-refractivity contribution in [2.45, 2.75) is 19.9 Å². The number of rotatable bonds is 5. The van der Waals surface area contributed by atoms with Crippen molar-refractivity contribution in [2.75, 3.05) is 13.6 Å². The summed E-state index contributed by atoms with van der Waals surface area (Å²) in [6, 6.07) is 7.82. The zero-order valence-electron chi connectivity index (χ0n) is 12.8. The maximum Gasteiger partial charge on any atom is 0.251 e. The van der Waals surface area contributed by atoms with Crippen LogP contribution in [0.3, 0.4) is 0 Å². The van der Waals surface area contributed by atoms with Crippen LogP contribution in [0.2, 0.25) is 0 Å². The van der Waals surface area contributed by atoms with Gasteiger partial charge in [-0.15, -0.1) is 36.2 Å². The number of aryl methyl sites for hydroxylation is 1. The molecule has 0 saturated carbocycles. The standard InChI is InChI=1S/C15H19N3OS.2ClH/c1-10(16-3)8-17-15(19)13-6-4-5-12(7-13)14-9-20-11(2)18-14;;/h4-7,9-10,16H,8H2,1-3H3,(H,17,19);2*1H. The van der Waals surface area contributed by atoms with Crippen LogP contribution in [0.1, 0.15) is 22.3 Å². The van der Waals surface area contributed by atoms with Crippen LogP contribution in [0.25, 0.3) is 11.3 Å². The zero-order chi connectivity index (χ0) is 14.5. The molecule has 2 rings (SSSR count). The first-order valence-corrected chi connectivity index (χ1v) is 7.46. The smallest absolute Gasteiger partial charge is 0.251 e. The van der Waals surface area contributed by atoms with E-state index in [2.05, 4.69) is 15.6 Å². The van der Waals surface area contributed by atoms with Crippen molar-refractivity contribution in [3.8, 4) is 11.3 Å². The van der Waals surface area contributed by atoms with Crippen LogP contribution < -0.4 is 10.6 Å². The number of carbonyl (C=O) groups is 1. The number of nitrogens with zero attached hydrogens (tertiary/aromatic N) is 1. The van der Waals surface area contributed by atoms with Crippen molar-refractivity contribution in [3.63, 3.8) is 0 Å². The topological polar surface area (TPSA) is 54.0 Å². The Hall–Kier alpha value is -1.14. The van der Waals surface area contributed by atoms with Gasteiger partial charge < -0.3 is 10.6 Å². The van der Waals surface area contributed by atoms with Gasteiger partial charge in [0.1, 0.15) is 0 Å². The van der Waals surface area contributed by atoms with Crippen molar-refractivity contribution in [1.82, 2.24) is 15.6 Å². The summed E-state index contributed by atoms with van der Waals surface area (Å²) in [5, 5.41) is 9.04. The summed E-state index contributed by atoms with van der Waals surface area (Å²) in [7, 11) is 1.88. The summed E-state index contributed by atoms with van der Waals surface area (Å²) >= 11 is 1.61. The summed E-state index contributed by atoms with van der Waals surface area (Å²) in [4.78, 5) is 16.5. The number of likely N-dealkylation sites (N-methyl/N-ethyl adjacent to an activating group) is 1. The van der Waals surface area contributed by atoms with Gasteiger partial charge in [0.05, 0.1) is 10.7 Å².